The summed E-state index contributed by atoms with van der Waals surface area (Å²) in [4.78, 5) is 30.2. The van der Waals surface area contributed by atoms with Crippen LogP contribution in [-0.2, 0) is 32.6 Å². The molecular formula is C38H45N3O4S. The van der Waals surface area contributed by atoms with Crippen molar-refractivity contribution in [3.63, 3.8) is 0 Å². The van der Waals surface area contributed by atoms with Crippen molar-refractivity contribution >= 4 is 27.5 Å². The van der Waals surface area contributed by atoms with Crippen LogP contribution in [0.4, 0.5) is 5.69 Å². The third-order valence-electron chi connectivity index (χ3n) is 8.41. The second kappa shape index (κ2) is 15.2. The van der Waals surface area contributed by atoms with Crippen molar-refractivity contribution in [1.29, 1.82) is 0 Å². The number of aryl methyl sites for hydroxylation is 4. The number of carbonyl (C=O) groups is 2. The number of rotatable bonds is 13. The Balaban J connectivity index is 1.82. The maximum atomic E-state index is 14.6. The summed E-state index contributed by atoms with van der Waals surface area (Å²) in [6, 6.07) is 28.4. The van der Waals surface area contributed by atoms with E-state index in [0.29, 0.717) is 5.69 Å². The Morgan fingerprint density at radius 1 is 0.761 bits per heavy atom. The van der Waals surface area contributed by atoms with Gasteiger partial charge in [-0.25, -0.2) is 8.42 Å². The molecule has 4 aromatic carbocycles. The molecule has 4 aromatic rings. The average molecular weight is 640 g/mol. The molecule has 8 heteroatoms. The number of nitrogens with one attached hydrogen (secondary N) is 1. The third-order valence-corrected chi connectivity index (χ3v) is 10.2. The van der Waals surface area contributed by atoms with Crippen LogP contribution in [0.25, 0.3) is 0 Å². The second-order valence-corrected chi connectivity index (χ2v) is 14.0. The molecule has 0 aliphatic carbocycles. The Morgan fingerprint density at radius 3 is 1.96 bits per heavy atom. The highest BCUT2D eigenvalue weighted by atomic mass is 32.2. The molecule has 7 nitrogen and oxygen atoms in total. The topological polar surface area (TPSA) is 86.8 Å². The van der Waals surface area contributed by atoms with Crippen LogP contribution in [0.2, 0.25) is 0 Å². The van der Waals surface area contributed by atoms with E-state index in [1.54, 1.807) is 36.4 Å². The van der Waals surface area contributed by atoms with Crippen molar-refractivity contribution < 1.29 is 18.0 Å². The number of benzene rings is 4. The van der Waals surface area contributed by atoms with Crippen molar-refractivity contribution in [1.82, 2.24) is 10.2 Å². The van der Waals surface area contributed by atoms with Crippen LogP contribution in [0, 0.1) is 27.7 Å². The van der Waals surface area contributed by atoms with Crippen molar-refractivity contribution in [2.24, 2.45) is 0 Å². The number of carbonyl (C=O) groups excluding carboxylic acids is 2. The minimum Gasteiger partial charge on any atom is -0.352 e. The van der Waals surface area contributed by atoms with Crippen molar-refractivity contribution in [3.05, 3.63) is 130 Å². The quantitative estimate of drug-likeness (QED) is 0.177. The zero-order valence-electron chi connectivity index (χ0n) is 27.7. The van der Waals surface area contributed by atoms with Gasteiger partial charge in [-0.2, -0.15) is 0 Å². The molecular weight excluding hydrogens is 595 g/mol. The van der Waals surface area contributed by atoms with E-state index in [1.165, 1.54) is 9.21 Å². The summed E-state index contributed by atoms with van der Waals surface area (Å²) in [5, 5.41) is 3.08. The lowest BCUT2D eigenvalue weighted by Crippen LogP contribution is -2.54. The van der Waals surface area contributed by atoms with Gasteiger partial charge in [0.05, 0.1) is 10.6 Å². The first-order valence-corrected chi connectivity index (χ1v) is 17.2. The first-order valence-electron chi connectivity index (χ1n) is 15.7. The Hall–Kier alpha value is -4.43. The summed E-state index contributed by atoms with van der Waals surface area (Å²) in [7, 11) is -4.15. The molecule has 2 unspecified atom stereocenters. The molecule has 0 bridgehead atoms. The lowest BCUT2D eigenvalue weighted by Gasteiger charge is -2.34. The summed E-state index contributed by atoms with van der Waals surface area (Å²) in [5.41, 5.74) is 6.03. The molecule has 0 aliphatic rings. The highest BCUT2D eigenvalue weighted by molar-refractivity contribution is 7.92. The Morgan fingerprint density at radius 2 is 1.37 bits per heavy atom. The molecule has 0 aliphatic heterocycles. The zero-order valence-corrected chi connectivity index (χ0v) is 28.5. The summed E-state index contributed by atoms with van der Waals surface area (Å²) >= 11 is 0. The smallest absolute Gasteiger partial charge is 0.264 e. The maximum Gasteiger partial charge on any atom is 0.264 e. The lowest BCUT2D eigenvalue weighted by molar-refractivity contribution is -0.140. The summed E-state index contributed by atoms with van der Waals surface area (Å²) < 4.78 is 29.7. The van der Waals surface area contributed by atoms with Crippen molar-refractivity contribution in [2.75, 3.05) is 10.8 Å². The predicted octanol–water partition coefficient (Wildman–Crippen LogP) is 6.67. The Kier molecular flexibility index (Phi) is 11.4. The number of amides is 2. The van der Waals surface area contributed by atoms with Gasteiger partial charge in [0.15, 0.2) is 0 Å². The van der Waals surface area contributed by atoms with E-state index < -0.39 is 28.5 Å². The minimum absolute atomic E-state index is 0.0876. The second-order valence-electron chi connectivity index (χ2n) is 12.1. The minimum atomic E-state index is -4.15. The number of sulfonamides is 1. The Labute approximate surface area is 274 Å². The average Bonchev–Trinajstić information content (AvgIpc) is 3.04. The van der Waals surface area contributed by atoms with Crippen LogP contribution in [0.15, 0.2) is 102 Å². The molecule has 0 fully saturated rings. The van der Waals surface area contributed by atoms with Gasteiger partial charge in [-0.3, -0.25) is 13.9 Å². The Bertz CT molecular complexity index is 1740. The molecule has 0 radical (unpaired) electrons. The van der Waals surface area contributed by atoms with Crippen LogP contribution >= 0.6 is 0 Å². The predicted molar refractivity (Wildman–Crippen MR) is 185 cm³/mol. The van der Waals surface area contributed by atoms with Crippen LogP contribution in [0.3, 0.4) is 0 Å². The molecule has 0 heterocycles. The van der Waals surface area contributed by atoms with E-state index in [-0.39, 0.29) is 29.8 Å². The first-order chi connectivity index (χ1) is 21.9. The van der Waals surface area contributed by atoms with Gasteiger partial charge in [0, 0.05) is 19.0 Å². The largest absolute Gasteiger partial charge is 0.352 e. The highest BCUT2D eigenvalue weighted by Gasteiger charge is 2.35. The molecule has 46 heavy (non-hydrogen) atoms. The molecule has 2 atom stereocenters. The van der Waals surface area contributed by atoms with Gasteiger partial charge in [0.1, 0.15) is 12.6 Å². The zero-order chi connectivity index (χ0) is 33.4. The third kappa shape index (κ3) is 8.63. The maximum absolute atomic E-state index is 14.6. The van der Waals surface area contributed by atoms with Gasteiger partial charge in [0.2, 0.25) is 11.8 Å². The van der Waals surface area contributed by atoms with Gasteiger partial charge < -0.3 is 10.2 Å². The van der Waals surface area contributed by atoms with Crippen LogP contribution in [0.5, 0.6) is 0 Å². The van der Waals surface area contributed by atoms with E-state index in [0.717, 1.165) is 39.8 Å². The van der Waals surface area contributed by atoms with Crippen molar-refractivity contribution in [3.8, 4) is 0 Å². The SMILES string of the molecule is CCC(C)NC(=O)C(Cc1ccccc1)N(Cc1ccc(C)cc1)C(=O)CN(c1ccc(C)c(C)c1)S(=O)(=O)c1ccc(C)cc1. The van der Waals surface area contributed by atoms with E-state index >= 15 is 0 Å². The van der Waals surface area contributed by atoms with Gasteiger partial charge in [0.25, 0.3) is 10.0 Å². The fourth-order valence-electron chi connectivity index (χ4n) is 5.13. The van der Waals surface area contributed by atoms with Crippen LogP contribution < -0.4 is 9.62 Å². The molecule has 242 valence electrons. The van der Waals surface area contributed by atoms with Crippen LogP contribution in [0.1, 0.15) is 53.6 Å². The fraction of sp³-hybridized carbons (Fsp3) is 0.316. The van der Waals surface area contributed by atoms with E-state index in [2.05, 4.69) is 5.32 Å². The molecule has 4 rings (SSSR count). The summed E-state index contributed by atoms with van der Waals surface area (Å²) in [6.07, 6.45) is 1.00. The lowest BCUT2D eigenvalue weighted by atomic mass is 10.0. The van der Waals surface area contributed by atoms with Gasteiger partial charge >= 0.3 is 0 Å². The molecule has 1 N–H and O–H groups in total. The van der Waals surface area contributed by atoms with E-state index in [9.17, 15) is 18.0 Å². The normalized spacial score (nSPS) is 12.7. The summed E-state index contributed by atoms with van der Waals surface area (Å²) in [6.45, 7) is 11.3. The van der Waals surface area contributed by atoms with Gasteiger partial charge in [-0.05, 0) is 87.6 Å². The van der Waals surface area contributed by atoms with Crippen LogP contribution in [-0.4, -0.2) is 43.8 Å². The number of nitrogens with zero attached hydrogens (tertiary/aromatic N) is 2. The number of hydrogen-bond acceptors (Lipinski definition) is 4. The fourth-order valence-corrected chi connectivity index (χ4v) is 6.54. The van der Waals surface area contributed by atoms with E-state index in [4.69, 9.17) is 0 Å². The first kappa shape index (κ1) is 34.4. The number of hydrogen-bond donors (Lipinski definition) is 1. The van der Waals surface area contributed by atoms with Gasteiger partial charge in [-0.15, -0.1) is 0 Å². The monoisotopic (exact) mass is 639 g/mol. The molecule has 0 spiro atoms. The number of anilines is 1. The molecule has 0 aromatic heterocycles. The standard InChI is InChI=1S/C38H45N3O4S/c1-7-31(6)39-38(43)36(24-32-11-9-8-10-12-32)40(25-33-18-13-27(2)14-19-33)37(42)26-41(34-20-17-29(4)30(5)23-34)46(44,45)35-21-15-28(3)16-22-35/h8-23,31,36H,7,24-26H2,1-6H3,(H,39,43). The molecule has 0 saturated heterocycles. The molecule has 0 saturated carbocycles. The highest BCUT2D eigenvalue weighted by Crippen LogP contribution is 2.27. The van der Waals surface area contributed by atoms with E-state index in [1.807, 2.05) is 102 Å². The summed E-state index contributed by atoms with van der Waals surface area (Å²) in [5.74, 6) is -0.757. The van der Waals surface area contributed by atoms with Crippen molar-refractivity contribution in [2.45, 2.75) is 77.9 Å². The molecule has 2 amide bonds. The van der Waals surface area contributed by atoms with Gasteiger partial charge in [-0.1, -0.05) is 90.8 Å².